The number of nitrogens with one attached hydrogen (secondary N) is 1. The van der Waals surface area contributed by atoms with E-state index in [0.29, 0.717) is 10.7 Å². The fourth-order valence-electron chi connectivity index (χ4n) is 1.82. The maximum absolute atomic E-state index is 12.4. The van der Waals surface area contributed by atoms with E-state index in [1.165, 1.54) is 18.2 Å². The zero-order valence-corrected chi connectivity index (χ0v) is 13.2. The summed E-state index contributed by atoms with van der Waals surface area (Å²) in [7, 11) is 0.00413. The molecule has 5 nitrogen and oxygen atoms in total. The molecule has 0 amide bonds. The number of halogens is 1. The van der Waals surface area contributed by atoms with Crippen LogP contribution < -0.4 is 15.4 Å². The fourth-order valence-corrected chi connectivity index (χ4v) is 3.17. The normalized spacial score (nSPS) is 11.2. The lowest BCUT2D eigenvalue weighted by Crippen LogP contribution is -2.15. The molecule has 0 fully saturated rings. The van der Waals surface area contributed by atoms with Crippen molar-refractivity contribution < 1.29 is 8.42 Å². The summed E-state index contributed by atoms with van der Waals surface area (Å²) in [5, 5.41) is 0.390. The smallest absolute Gasteiger partial charge is 0.263 e. The largest absolute Gasteiger partial charge is 0.398 e. The third-order valence-corrected chi connectivity index (χ3v) is 4.57. The first-order valence-electron chi connectivity index (χ1n) is 6.15. The second-order valence-electron chi connectivity index (χ2n) is 4.73. The van der Waals surface area contributed by atoms with Gasteiger partial charge in [0.05, 0.1) is 11.4 Å². The minimum Gasteiger partial charge on any atom is -0.398 e. The van der Waals surface area contributed by atoms with Crippen LogP contribution in [0.1, 0.15) is 0 Å². The van der Waals surface area contributed by atoms with Gasteiger partial charge in [-0.15, -0.1) is 0 Å². The number of anilines is 3. The summed E-state index contributed by atoms with van der Waals surface area (Å²) in [6.45, 7) is 0. The Labute approximate surface area is 129 Å². The molecule has 2 aromatic carbocycles. The minimum atomic E-state index is -3.76. The lowest BCUT2D eigenvalue weighted by Gasteiger charge is -2.15. The van der Waals surface area contributed by atoms with Crippen LogP contribution in [0.5, 0.6) is 0 Å². The number of hydrogen-bond acceptors (Lipinski definition) is 4. The monoisotopic (exact) mass is 325 g/mol. The van der Waals surface area contributed by atoms with Gasteiger partial charge in [-0.25, -0.2) is 8.42 Å². The highest BCUT2D eigenvalue weighted by Crippen LogP contribution is 2.25. The maximum Gasteiger partial charge on any atom is 0.263 e. The summed E-state index contributed by atoms with van der Waals surface area (Å²) >= 11 is 5.78. The third kappa shape index (κ3) is 3.59. The van der Waals surface area contributed by atoms with Crippen LogP contribution in [-0.4, -0.2) is 22.5 Å². The van der Waals surface area contributed by atoms with Crippen LogP contribution in [0.15, 0.2) is 47.4 Å². The van der Waals surface area contributed by atoms with Gasteiger partial charge in [-0.1, -0.05) is 17.7 Å². The molecular weight excluding hydrogens is 310 g/mol. The maximum atomic E-state index is 12.4. The zero-order chi connectivity index (χ0) is 15.6. The first-order valence-corrected chi connectivity index (χ1v) is 8.01. The van der Waals surface area contributed by atoms with E-state index in [1.54, 1.807) is 18.2 Å². The van der Waals surface area contributed by atoms with E-state index >= 15 is 0 Å². The molecule has 0 aliphatic heterocycles. The molecule has 112 valence electrons. The van der Waals surface area contributed by atoms with E-state index in [-0.39, 0.29) is 10.6 Å². The van der Waals surface area contributed by atoms with E-state index in [4.69, 9.17) is 17.3 Å². The molecule has 2 aromatic rings. The van der Waals surface area contributed by atoms with Crippen molar-refractivity contribution in [2.45, 2.75) is 4.90 Å². The molecule has 0 saturated carbocycles. The molecule has 2 rings (SSSR count). The molecule has 0 unspecified atom stereocenters. The summed E-state index contributed by atoms with van der Waals surface area (Å²) in [5.41, 5.74) is 7.19. The van der Waals surface area contributed by atoms with Gasteiger partial charge in [0.15, 0.2) is 0 Å². The van der Waals surface area contributed by atoms with Crippen LogP contribution in [0, 0.1) is 0 Å². The van der Waals surface area contributed by atoms with Crippen LogP contribution in [0.3, 0.4) is 0 Å². The average Bonchev–Trinajstić information content (AvgIpc) is 2.37. The standard InChI is InChI=1S/C14H16ClN3O2S/c1-18(2)12-5-3-4-11(9-12)17-21(19,20)14-7-6-10(15)8-13(14)16/h3-9,17H,16H2,1-2H3. The van der Waals surface area contributed by atoms with Gasteiger partial charge in [0.2, 0.25) is 0 Å². The van der Waals surface area contributed by atoms with E-state index in [2.05, 4.69) is 4.72 Å². The molecular formula is C14H16ClN3O2S. The molecule has 0 aromatic heterocycles. The highest BCUT2D eigenvalue weighted by Gasteiger charge is 2.18. The van der Waals surface area contributed by atoms with Gasteiger partial charge in [0.25, 0.3) is 10.0 Å². The second-order valence-corrected chi connectivity index (χ2v) is 6.82. The number of nitrogens with zero attached hydrogens (tertiary/aromatic N) is 1. The number of hydrogen-bond donors (Lipinski definition) is 2. The van der Waals surface area contributed by atoms with Crippen molar-refractivity contribution in [2.24, 2.45) is 0 Å². The lowest BCUT2D eigenvalue weighted by atomic mass is 10.3. The van der Waals surface area contributed by atoms with Crippen LogP contribution >= 0.6 is 11.6 Å². The first kappa shape index (κ1) is 15.5. The summed E-state index contributed by atoms with van der Waals surface area (Å²) in [5.74, 6) is 0. The molecule has 3 N–H and O–H groups in total. The van der Waals surface area contributed by atoms with Crippen LogP contribution in [0.25, 0.3) is 0 Å². The molecule has 7 heteroatoms. The number of nitrogen functional groups attached to an aromatic ring is 1. The molecule has 21 heavy (non-hydrogen) atoms. The predicted molar refractivity (Wildman–Crippen MR) is 87.4 cm³/mol. The molecule has 0 bridgehead atoms. The molecule has 0 aliphatic rings. The Bertz CT molecular complexity index is 761. The van der Waals surface area contributed by atoms with E-state index in [9.17, 15) is 8.42 Å². The van der Waals surface area contributed by atoms with Crippen LogP contribution in [0.2, 0.25) is 5.02 Å². The van der Waals surface area contributed by atoms with Gasteiger partial charge in [0.1, 0.15) is 4.90 Å². The Hall–Kier alpha value is -1.92. The minimum absolute atomic E-state index is 0.00200. The molecule has 0 saturated heterocycles. The van der Waals surface area contributed by atoms with Crippen molar-refractivity contribution in [3.63, 3.8) is 0 Å². The Morgan fingerprint density at radius 3 is 2.48 bits per heavy atom. The first-order chi connectivity index (χ1) is 9.79. The number of sulfonamides is 1. The number of benzene rings is 2. The SMILES string of the molecule is CN(C)c1cccc(NS(=O)(=O)c2ccc(Cl)cc2N)c1. The highest BCUT2D eigenvalue weighted by atomic mass is 35.5. The number of nitrogens with two attached hydrogens (primary N) is 1. The summed E-state index contributed by atoms with van der Waals surface area (Å²) in [6.07, 6.45) is 0. The van der Waals surface area contributed by atoms with Crippen molar-refractivity contribution in [3.05, 3.63) is 47.5 Å². The Morgan fingerprint density at radius 1 is 1.14 bits per heavy atom. The second kappa shape index (κ2) is 5.83. The Morgan fingerprint density at radius 2 is 1.86 bits per heavy atom. The predicted octanol–water partition coefficient (Wildman–Crippen LogP) is 2.79. The summed E-state index contributed by atoms with van der Waals surface area (Å²) < 4.78 is 27.2. The molecule has 0 radical (unpaired) electrons. The summed E-state index contributed by atoms with van der Waals surface area (Å²) in [6, 6.07) is 11.4. The Balaban J connectivity index is 2.35. The average molecular weight is 326 g/mol. The van der Waals surface area contributed by atoms with Gasteiger partial charge in [-0.2, -0.15) is 0 Å². The molecule has 0 aliphatic carbocycles. The highest BCUT2D eigenvalue weighted by molar-refractivity contribution is 7.92. The van der Waals surface area contributed by atoms with Gasteiger partial charge >= 0.3 is 0 Å². The van der Waals surface area contributed by atoms with Gasteiger partial charge < -0.3 is 10.6 Å². The van der Waals surface area contributed by atoms with Crippen molar-refractivity contribution in [2.75, 3.05) is 29.5 Å². The van der Waals surface area contributed by atoms with Crippen LogP contribution in [-0.2, 0) is 10.0 Å². The van der Waals surface area contributed by atoms with E-state index < -0.39 is 10.0 Å². The van der Waals surface area contributed by atoms with Crippen molar-refractivity contribution in [3.8, 4) is 0 Å². The molecule has 0 heterocycles. The van der Waals surface area contributed by atoms with Gasteiger partial charge in [0, 0.05) is 24.8 Å². The van der Waals surface area contributed by atoms with Crippen LogP contribution in [0.4, 0.5) is 17.1 Å². The lowest BCUT2D eigenvalue weighted by molar-refractivity contribution is 0.601. The topological polar surface area (TPSA) is 75.4 Å². The van der Waals surface area contributed by atoms with E-state index in [0.717, 1.165) is 5.69 Å². The molecule has 0 spiro atoms. The third-order valence-electron chi connectivity index (χ3n) is 2.88. The number of rotatable bonds is 4. The quantitative estimate of drug-likeness (QED) is 0.848. The summed E-state index contributed by atoms with van der Waals surface area (Å²) in [4.78, 5) is 1.89. The Kier molecular flexibility index (Phi) is 4.29. The van der Waals surface area contributed by atoms with Gasteiger partial charge in [-0.05, 0) is 36.4 Å². The van der Waals surface area contributed by atoms with E-state index in [1.807, 2.05) is 25.1 Å². The van der Waals surface area contributed by atoms with Crippen molar-refractivity contribution in [1.29, 1.82) is 0 Å². The van der Waals surface area contributed by atoms with Crippen molar-refractivity contribution in [1.82, 2.24) is 0 Å². The molecule has 0 atom stereocenters. The zero-order valence-electron chi connectivity index (χ0n) is 11.7. The fraction of sp³-hybridized carbons (Fsp3) is 0.143. The van der Waals surface area contributed by atoms with Crippen molar-refractivity contribution >= 4 is 38.7 Å². The van der Waals surface area contributed by atoms with Gasteiger partial charge in [-0.3, -0.25) is 4.72 Å².